The molecule has 3 N–H and O–H groups in total. The van der Waals surface area contributed by atoms with Gasteiger partial charge < -0.3 is 20.3 Å². The highest BCUT2D eigenvalue weighted by molar-refractivity contribution is 7.14. The van der Waals surface area contributed by atoms with E-state index in [1.807, 2.05) is 30.3 Å². The van der Waals surface area contributed by atoms with E-state index in [-0.39, 0.29) is 36.1 Å². The molecule has 0 amide bonds. The average Bonchev–Trinajstić information content (AvgIpc) is 3.30. The normalized spacial score (nSPS) is 13.6. The van der Waals surface area contributed by atoms with Gasteiger partial charge in [0, 0.05) is 12.2 Å². The second-order valence-electron chi connectivity index (χ2n) is 7.75. The lowest BCUT2D eigenvalue weighted by atomic mass is 10.1. The molecular formula is C23H26F3N3O3S. The molecular weight excluding hydrogens is 455 g/mol. The van der Waals surface area contributed by atoms with E-state index in [9.17, 15) is 18.3 Å². The van der Waals surface area contributed by atoms with E-state index in [0.29, 0.717) is 11.6 Å². The van der Waals surface area contributed by atoms with Crippen LogP contribution in [0.2, 0.25) is 0 Å². The number of alkyl halides is 3. The zero-order valence-corrected chi connectivity index (χ0v) is 19.0. The third-order valence-corrected chi connectivity index (χ3v) is 6.11. The summed E-state index contributed by atoms with van der Waals surface area (Å²) in [7, 11) is 0. The van der Waals surface area contributed by atoms with Gasteiger partial charge in [-0.2, -0.15) is 13.2 Å². The molecule has 0 saturated heterocycles. The number of ether oxygens (including phenoxy) is 2. The van der Waals surface area contributed by atoms with E-state index >= 15 is 0 Å². The Morgan fingerprint density at radius 3 is 2.48 bits per heavy atom. The predicted molar refractivity (Wildman–Crippen MR) is 120 cm³/mol. The van der Waals surface area contributed by atoms with Crippen LogP contribution >= 0.6 is 11.3 Å². The fourth-order valence-corrected chi connectivity index (χ4v) is 3.87. The van der Waals surface area contributed by atoms with Crippen LogP contribution in [-0.4, -0.2) is 41.7 Å². The smallest absolute Gasteiger partial charge is 0.419 e. The first kappa shape index (κ1) is 25.1. The molecule has 0 aliphatic carbocycles. The van der Waals surface area contributed by atoms with Crippen LogP contribution in [0, 0.1) is 0 Å². The number of aromatic nitrogens is 2. The molecule has 0 spiro atoms. The van der Waals surface area contributed by atoms with Gasteiger partial charge in [0.2, 0.25) is 0 Å². The molecule has 0 radical (unpaired) electrons. The van der Waals surface area contributed by atoms with Crippen molar-refractivity contribution in [3.63, 3.8) is 0 Å². The first-order valence-corrected chi connectivity index (χ1v) is 11.2. The van der Waals surface area contributed by atoms with Crippen molar-refractivity contribution in [2.75, 3.05) is 26.4 Å². The van der Waals surface area contributed by atoms with Gasteiger partial charge >= 0.3 is 6.18 Å². The van der Waals surface area contributed by atoms with E-state index in [1.54, 1.807) is 6.92 Å². The summed E-state index contributed by atoms with van der Waals surface area (Å²) in [4.78, 5) is 0. The molecule has 178 valence electrons. The van der Waals surface area contributed by atoms with Crippen molar-refractivity contribution in [1.82, 2.24) is 10.2 Å². The van der Waals surface area contributed by atoms with E-state index < -0.39 is 17.3 Å². The molecule has 3 aromatic rings. The van der Waals surface area contributed by atoms with Gasteiger partial charge in [-0.15, -0.1) is 10.2 Å². The van der Waals surface area contributed by atoms with Gasteiger partial charge in [0.1, 0.15) is 22.4 Å². The minimum Gasteiger partial charge on any atom is -0.491 e. The van der Waals surface area contributed by atoms with Gasteiger partial charge in [-0.05, 0) is 43.5 Å². The number of rotatable bonds is 11. The molecule has 0 bridgehead atoms. The van der Waals surface area contributed by atoms with Crippen molar-refractivity contribution in [3.05, 3.63) is 64.7 Å². The molecule has 1 unspecified atom stereocenters. The third kappa shape index (κ3) is 6.97. The number of halogens is 3. The molecule has 33 heavy (non-hydrogen) atoms. The van der Waals surface area contributed by atoms with Crippen LogP contribution < -0.4 is 10.5 Å². The summed E-state index contributed by atoms with van der Waals surface area (Å²) in [5.41, 5.74) is 5.35. The lowest BCUT2D eigenvalue weighted by Crippen LogP contribution is -2.36. The van der Waals surface area contributed by atoms with Crippen molar-refractivity contribution in [2.45, 2.75) is 31.5 Å². The summed E-state index contributed by atoms with van der Waals surface area (Å²) in [6, 6.07) is 13.7. The van der Waals surface area contributed by atoms with E-state index in [2.05, 4.69) is 10.2 Å². The van der Waals surface area contributed by atoms with Gasteiger partial charge in [0.15, 0.2) is 0 Å². The number of aliphatic hydroxyl groups is 1. The summed E-state index contributed by atoms with van der Waals surface area (Å²) in [6.45, 7) is 1.88. The molecule has 0 aliphatic rings. The van der Waals surface area contributed by atoms with Crippen molar-refractivity contribution < 1.29 is 27.8 Å². The van der Waals surface area contributed by atoms with Crippen LogP contribution in [0.5, 0.6) is 5.75 Å². The van der Waals surface area contributed by atoms with E-state index in [0.717, 1.165) is 30.2 Å². The van der Waals surface area contributed by atoms with Crippen LogP contribution in [0.1, 0.15) is 29.5 Å². The third-order valence-electron chi connectivity index (χ3n) is 4.86. The average molecular weight is 482 g/mol. The van der Waals surface area contributed by atoms with Crippen LogP contribution in [0.25, 0.3) is 10.6 Å². The number of nitrogens with two attached hydrogens (primary N) is 1. The number of hydrogen-bond donors (Lipinski definition) is 2. The molecule has 3 rings (SSSR count). The number of aryl methyl sites for hydroxylation is 1. The van der Waals surface area contributed by atoms with Crippen molar-refractivity contribution in [3.8, 4) is 16.3 Å². The van der Waals surface area contributed by atoms with Gasteiger partial charge in [-0.1, -0.05) is 41.7 Å². The monoisotopic (exact) mass is 481 g/mol. The standard InChI is InChI=1S/C23H26F3N3O3S/c1-22(27,15-30)21-29-28-20(33-21)17-9-10-19(18(14-17)23(24,25)26)32-13-12-31-11-5-8-16-6-3-2-4-7-16/h2-4,6-7,9-10,14,30H,5,8,11-13,15,27H2,1H3. The van der Waals surface area contributed by atoms with E-state index in [4.69, 9.17) is 15.2 Å². The maximum Gasteiger partial charge on any atom is 0.419 e. The maximum atomic E-state index is 13.6. The van der Waals surface area contributed by atoms with Crippen LogP contribution in [0.3, 0.4) is 0 Å². The van der Waals surface area contributed by atoms with Gasteiger partial charge in [-0.25, -0.2) is 0 Å². The molecule has 2 aromatic carbocycles. The lowest BCUT2D eigenvalue weighted by molar-refractivity contribution is -0.139. The quantitative estimate of drug-likeness (QED) is 0.394. The fourth-order valence-electron chi connectivity index (χ4n) is 2.98. The Bertz CT molecular complexity index is 1030. The van der Waals surface area contributed by atoms with E-state index in [1.165, 1.54) is 17.7 Å². The Labute approximate surface area is 194 Å². The highest BCUT2D eigenvalue weighted by Gasteiger charge is 2.35. The Kier molecular flexibility index (Phi) is 8.41. The maximum absolute atomic E-state index is 13.6. The second kappa shape index (κ2) is 11.1. The summed E-state index contributed by atoms with van der Waals surface area (Å²) < 4.78 is 51.8. The Morgan fingerprint density at radius 1 is 1.03 bits per heavy atom. The highest BCUT2D eigenvalue weighted by atomic mass is 32.1. The van der Waals surface area contributed by atoms with Gasteiger partial charge in [0.05, 0.1) is 24.3 Å². The number of aliphatic hydroxyl groups excluding tert-OH is 1. The molecule has 1 aromatic heterocycles. The van der Waals surface area contributed by atoms with Crippen molar-refractivity contribution in [2.24, 2.45) is 5.73 Å². The predicted octanol–water partition coefficient (Wildman–Crippen LogP) is 4.42. The Hall–Kier alpha value is -2.53. The number of hydrogen-bond acceptors (Lipinski definition) is 7. The SMILES string of the molecule is CC(N)(CO)c1nnc(-c2ccc(OCCOCCCc3ccccc3)c(C(F)(F)F)c2)s1. The fraction of sp³-hybridized carbons (Fsp3) is 0.391. The summed E-state index contributed by atoms with van der Waals surface area (Å²) >= 11 is 1.03. The van der Waals surface area contributed by atoms with Crippen LogP contribution in [0.15, 0.2) is 48.5 Å². The second-order valence-corrected chi connectivity index (χ2v) is 8.72. The first-order valence-electron chi connectivity index (χ1n) is 10.4. The number of nitrogens with zero attached hydrogens (tertiary/aromatic N) is 2. The zero-order chi connectivity index (χ0) is 23.9. The molecule has 0 aliphatic heterocycles. The van der Waals surface area contributed by atoms with Crippen molar-refractivity contribution in [1.29, 1.82) is 0 Å². The molecule has 0 saturated carbocycles. The topological polar surface area (TPSA) is 90.5 Å². The van der Waals surface area contributed by atoms with Crippen LogP contribution in [-0.2, 0) is 22.9 Å². The molecule has 1 atom stereocenters. The number of benzene rings is 2. The minimum atomic E-state index is -4.61. The first-order chi connectivity index (χ1) is 15.7. The van der Waals surface area contributed by atoms with Gasteiger partial charge in [-0.3, -0.25) is 0 Å². The van der Waals surface area contributed by atoms with Gasteiger partial charge in [0.25, 0.3) is 0 Å². The highest BCUT2D eigenvalue weighted by Crippen LogP contribution is 2.39. The summed E-state index contributed by atoms with van der Waals surface area (Å²) in [6.07, 6.45) is -2.92. The molecule has 1 heterocycles. The summed E-state index contributed by atoms with van der Waals surface area (Å²) in [5.74, 6) is -0.275. The molecule has 0 fully saturated rings. The molecule has 6 nitrogen and oxygen atoms in total. The Morgan fingerprint density at radius 2 is 1.79 bits per heavy atom. The lowest BCUT2D eigenvalue weighted by Gasteiger charge is -2.17. The zero-order valence-electron chi connectivity index (χ0n) is 18.1. The summed E-state index contributed by atoms with van der Waals surface area (Å²) in [5, 5.41) is 17.8. The largest absolute Gasteiger partial charge is 0.491 e. The minimum absolute atomic E-state index is 0.00124. The van der Waals surface area contributed by atoms with Crippen molar-refractivity contribution >= 4 is 11.3 Å². The van der Waals surface area contributed by atoms with Crippen LogP contribution in [0.4, 0.5) is 13.2 Å². The Balaban J connectivity index is 1.57. The molecule has 10 heteroatoms.